The number of hydrogen-bond donors (Lipinski definition) is 1. The van der Waals surface area contributed by atoms with Crippen LogP contribution in [0.15, 0.2) is 40.9 Å². The molecule has 3 rings (SSSR count). The van der Waals surface area contributed by atoms with Crippen LogP contribution in [0, 0.1) is 0 Å². The Bertz CT molecular complexity index is 582. The maximum absolute atomic E-state index is 3.66. The van der Waals surface area contributed by atoms with Crippen molar-refractivity contribution in [3.63, 3.8) is 0 Å². The molecule has 3 heteroatoms. The van der Waals surface area contributed by atoms with Crippen molar-refractivity contribution in [1.82, 2.24) is 5.32 Å². The third-order valence-electron chi connectivity index (χ3n) is 3.98. The van der Waals surface area contributed by atoms with Gasteiger partial charge in [0.1, 0.15) is 0 Å². The molecule has 1 aliphatic rings. The predicted molar refractivity (Wildman–Crippen MR) is 85.9 cm³/mol. The van der Waals surface area contributed by atoms with E-state index in [1.807, 2.05) is 0 Å². The smallest absolute Gasteiger partial charge is 0.0450 e. The average molecular weight is 319 g/mol. The van der Waals surface area contributed by atoms with Gasteiger partial charge in [0.05, 0.1) is 0 Å². The van der Waals surface area contributed by atoms with E-state index < -0.39 is 0 Å². The fourth-order valence-electron chi connectivity index (χ4n) is 2.94. The summed E-state index contributed by atoms with van der Waals surface area (Å²) in [6, 6.07) is 13.7. The lowest BCUT2D eigenvalue weighted by Crippen LogP contribution is -2.51. The molecule has 1 fully saturated rings. The van der Waals surface area contributed by atoms with E-state index in [4.69, 9.17) is 0 Å². The predicted octanol–water partition coefficient (Wildman–Crippen LogP) is 3.79. The molecule has 2 aromatic carbocycles. The van der Waals surface area contributed by atoms with Gasteiger partial charge in [-0.15, -0.1) is 0 Å². The standard InChI is InChI=1S/C16H19BrN2/c1-2-12-11-18-9-10-19(12)16-8-7-15(17)13-5-3-4-6-14(13)16/h3-8,12,18H,2,9-11H2,1H3. The Kier molecular flexibility index (Phi) is 3.76. The van der Waals surface area contributed by atoms with Gasteiger partial charge in [-0.05, 0) is 23.9 Å². The highest BCUT2D eigenvalue weighted by Crippen LogP contribution is 2.33. The number of anilines is 1. The molecule has 100 valence electrons. The SMILES string of the molecule is CCC1CNCCN1c1ccc(Br)c2ccccc12. The van der Waals surface area contributed by atoms with Crippen molar-refractivity contribution < 1.29 is 0 Å². The zero-order chi connectivity index (χ0) is 13.2. The molecule has 1 heterocycles. The van der Waals surface area contributed by atoms with Gasteiger partial charge in [-0.1, -0.05) is 47.1 Å². The van der Waals surface area contributed by atoms with Gasteiger partial charge in [0.25, 0.3) is 0 Å². The van der Waals surface area contributed by atoms with Crippen LogP contribution in [0.4, 0.5) is 5.69 Å². The Balaban J connectivity index is 2.11. The zero-order valence-corrected chi connectivity index (χ0v) is 12.8. The summed E-state index contributed by atoms with van der Waals surface area (Å²) >= 11 is 3.66. The summed E-state index contributed by atoms with van der Waals surface area (Å²) in [4.78, 5) is 2.56. The summed E-state index contributed by atoms with van der Waals surface area (Å²) in [7, 11) is 0. The van der Waals surface area contributed by atoms with Crippen LogP contribution in [-0.4, -0.2) is 25.7 Å². The van der Waals surface area contributed by atoms with E-state index in [-0.39, 0.29) is 0 Å². The normalized spacial score (nSPS) is 19.9. The van der Waals surface area contributed by atoms with E-state index in [0.29, 0.717) is 6.04 Å². The molecule has 0 bridgehead atoms. The number of nitrogens with zero attached hydrogens (tertiary/aromatic N) is 1. The van der Waals surface area contributed by atoms with Crippen LogP contribution in [0.5, 0.6) is 0 Å². The quantitative estimate of drug-likeness (QED) is 0.906. The van der Waals surface area contributed by atoms with Crippen molar-refractivity contribution in [3.05, 3.63) is 40.9 Å². The lowest BCUT2D eigenvalue weighted by Gasteiger charge is -2.38. The Labute approximate surface area is 122 Å². The Hall–Kier alpha value is -1.06. The van der Waals surface area contributed by atoms with Gasteiger partial charge in [0.2, 0.25) is 0 Å². The number of halogens is 1. The second-order valence-corrected chi connectivity index (χ2v) is 5.93. The largest absolute Gasteiger partial charge is 0.366 e. The lowest BCUT2D eigenvalue weighted by atomic mass is 10.0. The van der Waals surface area contributed by atoms with E-state index in [2.05, 4.69) is 69.5 Å². The molecule has 2 aromatic rings. The van der Waals surface area contributed by atoms with E-state index in [0.717, 1.165) is 19.6 Å². The van der Waals surface area contributed by atoms with Gasteiger partial charge in [0.15, 0.2) is 0 Å². The fraction of sp³-hybridized carbons (Fsp3) is 0.375. The maximum atomic E-state index is 3.66. The summed E-state index contributed by atoms with van der Waals surface area (Å²) in [5.41, 5.74) is 1.37. The van der Waals surface area contributed by atoms with Crippen molar-refractivity contribution in [2.75, 3.05) is 24.5 Å². The van der Waals surface area contributed by atoms with Crippen LogP contribution in [0.3, 0.4) is 0 Å². The molecule has 0 saturated carbocycles. The first kappa shape index (κ1) is 12.9. The van der Waals surface area contributed by atoms with Crippen molar-refractivity contribution in [3.8, 4) is 0 Å². The van der Waals surface area contributed by atoms with Crippen molar-refractivity contribution in [1.29, 1.82) is 0 Å². The Morgan fingerprint density at radius 1 is 1.21 bits per heavy atom. The molecule has 0 aromatic heterocycles. The first-order valence-electron chi connectivity index (χ1n) is 6.96. The molecule has 1 atom stereocenters. The highest BCUT2D eigenvalue weighted by Gasteiger charge is 2.22. The highest BCUT2D eigenvalue weighted by atomic mass is 79.9. The molecule has 0 amide bonds. The van der Waals surface area contributed by atoms with Crippen molar-refractivity contribution in [2.45, 2.75) is 19.4 Å². The first-order chi connectivity index (χ1) is 9.31. The van der Waals surface area contributed by atoms with E-state index in [1.54, 1.807) is 0 Å². The summed E-state index contributed by atoms with van der Waals surface area (Å²) in [6.07, 6.45) is 1.18. The first-order valence-corrected chi connectivity index (χ1v) is 7.75. The van der Waals surface area contributed by atoms with Crippen LogP contribution in [0.1, 0.15) is 13.3 Å². The van der Waals surface area contributed by atoms with E-state index in [1.165, 1.54) is 27.4 Å². The van der Waals surface area contributed by atoms with Gasteiger partial charge in [-0.2, -0.15) is 0 Å². The molecule has 0 aliphatic carbocycles. The molecule has 1 N–H and O–H groups in total. The number of nitrogens with one attached hydrogen (secondary N) is 1. The minimum Gasteiger partial charge on any atom is -0.366 e. The monoisotopic (exact) mass is 318 g/mol. The van der Waals surface area contributed by atoms with Gasteiger partial charge >= 0.3 is 0 Å². The molecule has 1 aliphatic heterocycles. The zero-order valence-electron chi connectivity index (χ0n) is 11.2. The van der Waals surface area contributed by atoms with E-state index >= 15 is 0 Å². The number of fused-ring (bicyclic) bond motifs is 1. The van der Waals surface area contributed by atoms with Gasteiger partial charge in [-0.3, -0.25) is 0 Å². The molecule has 1 unspecified atom stereocenters. The molecule has 2 nitrogen and oxygen atoms in total. The highest BCUT2D eigenvalue weighted by molar-refractivity contribution is 9.10. The number of rotatable bonds is 2. The number of benzene rings is 2. The average Bonchev–Trinajstić information content (AvgIpc) is 2.48. The van der Waals surface area contributed by atoms with Crippen LogP contribution in [-0.2, 0) is 0 Å². The summed E-state index contributed by atoms with van der Waals surface area (Å²) in [5, 5.41) is 6.14. The summed E-state index contributed by atoms with van der Waals surface area (Å²) in [5.74, 6) is 0. The van der Waals surface area contributed by atoms with Gasteiger partial charge < -0.3 is 10.2 Å². The third kappa shape index (κ3) is 2.37. The van der Waals surface area contributed by atoms with Crippen LogP contribution >= 0.6 is 15.9 Å². The number of piperazine rings is 1. The summed E-state index contributed by atoms with van der Waals surface area (Å²) in [6.45, 7) is 5.51. The second kappa shape index (κ2) is 5.51. The van der Waals surface area contributed by atoms with Crippen LogP contribution in [0.2, 0.25) is 0 Å². The van der Waals surface area contributed by atoms with Crippen molar-refractivity contribution >= 4 is 32.4 Å². The Morgan fingerprint density at radius 3 is 2.79 bits per heavy atom. The molecular weight excluding hydrogens is 300 g/mol. The van der Waals surface area contributed by atoms with Gasteiger partial charge in [0, 0.05) is 41.2 Å². The van der Waals surface area contributed by atoms with Gasteiger partial charge in [-0.25, -0.2) is 0 Å². The molecule has 0 radical (unpaired) electrons. The molecular formula is C16H19BrN2. The minimum atomic E-state index is 0.596. The minimum absolute atomic E-state index is 0.596. The Morgan fingerprint density at radius 2 is 2.00 bits per heavy atom. The fourth-order valence-corrected chi connectivity index (χ4v) is 3.42. The number of hydrogen-bond acceptors (Lipinski definition) is 2. The molecule has 1 saturated heterocycles. The third-order valence-corrected chi connectivity index (χ3v) is 4.67. The summed E-state index contributed by atoms with van der Waals surface area (Å²) < 4.78 is 1.18. The molecule has 0 spiro atoms. The van der Waals surface area contributed by atoms with Crippen LogP contribution < -0.4 is 10.2 Å². The van der Waals surface area contributed by atoms with E-state index in [9.17, 15) is 0 Å². The maximum Gasteiger partial charge on any atom is 0.0450 e. The molecule has 19 heavy (non-hydrogen) atoms. The second-order valence-electron chi connectivity index (χ2n) is 5.07. The topological polar surface area (TPSA) is 15.3 Å². The van der Waals surface area contributed by atoms with Crippen molar-refractivity contribution in [2.24, 2.45) is 0 Å². The van der Waals surface area contributed by atoms with Crippen LogP contribution in [0.25, 0.3) is 10.8 Å². The lowest BCUT2D eigenvalue weighted by molar-refractivity contribution is 0.467.